The third-order valence-electron chi connectivity index (χ3n) is 1.83. The van der Waals surface area contributed by atoms with Crippen LogP contribution in [-0.2, 0) is 0 Å². The Labute approximate surface area is 94.0 Å². The molecule has 1 aromatic heterocycles. The van der Waals surface area contributed by atoms with Gasteiger partial charge in [-0.2, -0.15) is 0 Å². The molecule has 8 heteroatoms. The fraction of sp³-hybridized carbons (Fsp3) is 0. The van der Waals surface area contributed by atoms with Gasteiger partial charge in [-0.3, -0.25) is 10.1 Å². The second kappa shape index (κ2) is 3.78. The van der Waals surface area contributed by atoms with E-state index in [0.717, 1.165) is 0 Å². The molecule has 7 nitrogen and oxygen atoms in total. The molecule has 0 amide bonds. The van der Waals surface area contributed by atoms with Gasteiger partial charge in [0.1, 0.15) is 5.56 Å². The highest BCUT2D eigenvalue weighted by atomic mass is 35.5. The number of halogens is 1. The Balaban J connectivity index is 2.60. The minimum absolute atomic E-state index is 0.0131. The standard InChI is InChI=1S/C8H5ClN4O3/c9-4-1-2-5(6(3-4)13(14)15)7-11-12-8(10)16-7/h1-3H,(H2,10,12). The zero-order chi connectivity index (χ0) is 11.7. The molecule has 0 bridgehead atoms. The van der Waals surface area contributed by atoms with Gasteiger partial charge in [0.15, 0.2) is 0 Å². The van der Waals surface area contributed by atoms with Crippen LogP contribution >= 0.6 is 11.6 Å². The summed E-state index contributed by atoms with van der Waals surface area (Å²) in [5.41, 5.74) is 5.20. The first-order valence-electron chi connectivity index (χ1n) is 4.11. The molecule has 0 aliphatic carbocycles. The molecule has 0 atom stereocenters. The third-order valence-corrected chi connectivity index (χ3v) is 2.06. The Kier molecular flexibility index (Phi) is 2.45. The second-order valence-corrected chi connectivity index (χ2v) is 3.30. The Hall–Kier alpha value is -2.15. The lowest BCUT2D eigenvalue weighted by molar-refractivity contribution is -0.384. The largest absolute Gasteiger partial charge is 0.403 e. The number of nitrogen functional groups attached to an aromatic ring is 1. The monoisotopic (exact) mass is 240 g/mol. The minimum atomic E-state index is -0.582. The predicted octanol–water partition coefficient (Wildman–Crippen LogP) is 1.88. The summed E-state index contributed by atoms with van der Waals surface area (Å²) in [4.78, 5) is 10.2. The molecule has 0 aliphatic heterocycles. The van der Waals surface area contributed by atoms with Gasteiger partial charge in [0.2, 0.25) is 0 Å². The number of benzene rings is 1. The highest BCUT2D eigenvalue weighted by Gasteiger charge is 2.20. The van der Waals surface area contributed by atoms with Gasteiger partial charge in [-0.15, -0.1) is 5.10 Å². The fourth-order valence-electron chi connectivity index (χ4n) is 1.18. The topological polar surface area (TPSA) is 108 Å². The number of nitro groups is 1. The van der Waals surface area contributed by atoms with E-state index >= 15 is 0 Å². The first-order chi connectivity index (χ1) is 7.58. The van der Waals surface area contributed by atoms with Crippen molar-refractivity contribution in [1.29, 1.82) is 0 Å². The summed E-state index contributed by atoms with van der Waals surface area (Å²) in [5.74, 6) is -0.0131. The number of nitrogens with zero attached hydrogens (tertiary/aromatic N) is 3. The number of nitro benzene ring substituents is 1. The van der Waals surface area contributed by atoms with Gasteiger partial charge in [0.25, 0.3) is 11.6 Å². The Morgan fingerprint density at radius 3 is 2.75 bits per heavy atom. The van der Waals surface area contributed by atoms with E-state index in [2.05, 4.69) is 10.2 Å². The molecular formula is C8H5ClN4O3. The van der Waals surface area contributed by atoms with Crippen LogP contribution in [-0.4, -0.2) is 15.1 Å². The van der Waals surface area contributed by atoms with E-state index < -0.39 is 4.92 Å². The van der Waals surface area contributed by atoms with Gasteiger partial charge in [0.05, 0.1) is 4.92 Å². The summed E-state index contributed by atoms with van der Waals surface area (Å²) >= 11 is 5.66. The normalized spacial score (nSPS) is 10.3. The fourth-order valence-corrected chi connectivity index (χ4v) is 1.35. The molecule has 2 aromatic rings. The third kappa shape index (κ3) is 1.80. The number of rotatable bonds is 2. The van der Waals surface area contributed by atoms with Gasteiger partial charge in [-0.1, -0.05) is 16.7 Å². The van der Waals surface area contributed by atoms with Crippen molar-refractivity contribution in [1.82, 2.24) is 10.2 Å². The van der Waals surface area contributed by atoms with Gasteiger partial charge < -0.3 is 10.2 Å². The quantitative estimate of drug-likeness (QED) is 0.634. The molecule has 2 N–H and O–H groups in total. The summed E-state index contributed by atoms with van der Waals surface area (Å²) in [7, 11) is 0. The van der Waals surface area contributed by atoms with Crippen LogP contribution in [0.3, 0.4) is 0 Å². The van der Waals surface area contributed by atoms with Crippen molar-refractivity contribution in [2.75, 3.05) is 5.73 Å². The molecule has 1 heterocycles. The lowest BCUT2D eigenvalue weighted by atomic mass is 10.2. The molecule has 0 spiro atoms. The predicted molar refractivity (Wildman–Crippen MR) is 55.8 cm³/mol. The Morgan fingerprint density at radius 2 is 2.19 bits per heavy atom. The summed E-state index contributed by atoms with van der Waals surface area (Å²) in [6, 6.07) is 3.97. The molecule has 0 unspecified atom stereocenters. The summed E-state index contributed by atoms with van der Waals surface area (Å²) in [6.45, 7) is 0. The van der Waals surface area contributed by atoms with E-state index in [4.69, 9.17) is 21.8 Å². The smallest absolute Gasteiger partial charge is 0.313 e. The van der Waals surface area contributed by atoms with Crippen LogP contribution in [0.1, 0.15) is 0 Å². The second-order valence-electron chi connectivity index (χ2n) is 2.86. The number of hydrogen-bond donors (Lipinski definition) is 1. The van der Waals surface area contributed by atoms with Crippen molar-refractivity contribution in [3.8, 4) is 11.5 Å². The summed E-state index contributed by atoms with van der Waals surface area (Å²) < 4.78 is 4.91. The zero-order valence-corrected chi connectivity index (χ0v) is 8.51. The van der Waals surface area contributed by atoms with Crippen LogP contribution in [0.4, 0.5) is 11.7 Å². The van der Waals surface area contributed by atoms with Gasteiger partial charge in [-0.25, -0.2) is 0 Å². The molecule has 1 aromatic carbocycles. The molecule has 16 heavy (non-hydrogen) atoms. The van der Waals surface area contributed by atoms with E-state index in [9.17, 15) is 10.1 Å². The number of anilines is 1. The Bertz CT molecular complexity index is 554. The molecule has 82 valence electrons. The highest BCUT2D eigenvalue weighted by Crippen LogP contribution is 2.31. The van der Waals surface area contributed by atoms with Crippen LogP contribution in [0, 0.1) is 10.1 Å². The maximum Gasteiger partial charge on any atom is 0.313 e. The maximum atomic E-state index is 10.8. The van der Waals surface area contributed by atoms with E-state index in [-0.39, 0.29) is 28.2 Å². The summed E-state index contributed by atoms with van der Waals surface area (Å²) in [6.07, 6.45) is 0. The molecule has 2 rings (SSSR count). The lowest BCUT2D eigenvalue weighted by Gasteiger charge is -1.98. The van der Waals surface area contributed by atoms with Gasteiger partial charge >= 0.3 is 6.01 Å². The number of hydrogen-bond acceptors (Lipinski definition) is 6. The average molecular weight is 241 g/mol. The van der Waals surface area contributed by atoms with Crippen molar-refractivity contribution in [2.24, 2.45) is 0 Å². The van der Waals surface area contributed by atoms with Crippen molar-refractivity contribution in [3.63, 3.8) is 0 Å². The van der Waals surface area contributed by atoms with Gasteiger partial charge in [0, 0.05) is 11.1 Å². The molecule has 0 saturated heterocycles. The van der Waals surface area contributed by atoms with Crippen molar-refractivity contribution >= 4 is 23.3 Å². The minimum Gasteiger partial charge on any atom is -0.403 e. The van der Waals surface area contributed by atoms with Crippen molar-refractivity contribution in [3.05, 3.63) is 33.3 Å². The van der Waals surface area contributed by atoms with Crippen LogP contribution in [0.5, 0.6) is 0 Å². The average Bonchev–Trinajstić information content (AvgIpc) is 2.64. The lowest BCUT2D eigenvalue weighted by Crippen LogP contribution is -1.92. The van der Waals surface area contributed by atoms with E-state index in [0.29, 0.717) is 0 Å². The van der Waals surface area contributed by atoms with Crippen LogP contribution in [0.25, 0.3) is 11.5 Å². The van der Waals surface area contributed by atoms with E-state index in [1.54, 1.807) is 0 Å². The van der Waals surface area contributed by atoms with Gasteiger partial charge in [-0.05, 0) is 12.1 Å². The first-order valence-corrected chi connectivity index (χ1v) is 4.49. The molecule has 0 radical (unpaired) electrons. The molecule has 0 aliphatic rings. The van der Waals surface area contributed by atoms with E-state index in [1.165, 1.54) is 18.2 Å². The molecule has 0 saturated carbocycles. The highest BCUT2D eigenvalue weighted by molar-refractivity contribution is 6.30. The van der Waals surface area contributed by atoms with Crippen LogP contribution in [0.2, 0.25) is 5.02 Å². The molecular weight excluding hydrogens is 236 g/mol. The van der Waals surface area contributed by atoms with Crippen molar-refractivity contribution in [2.45, 2.75) is 0 Å². The van der Waals surface area contributed by atoms with E-state index in [1.807, 2.05) is 0 Å². The van der Waals surface area contributed by atoms with Crippen molar-refractivity contribution < 1.29 is 9.34 Å². The Morgan fingerprint density at radius 1 is 1.44 bits per heavy atom. The SMILES string of the molecule is Nc1nnc(-c2ccc(Cl)cc2[N+](=O)[O-])o1. The van der Waals surface area contributed by atoms with Crippen LogP contribution < -0.4 is 5.73 Å². The number of nitrogens with two attached hydrogens (primary N) is 1. The maximum absolute atomic E-state index is 10.8. The zero-order valence-electron chi connectivity index (χ0n) is 7.75. The molecule has 0 fully saturated rings. The first kappa shape index (κ1) is 10.4. The number of aromatic nitrogens is 2. The summed E-state index contributed by atoms with van der Waals surface area (Å²) in [5, 5.41) is 18.0. The van der Waals surface area contributed by atoms with Crippen LogP contribution in [0.15, 0.2) is 22.6 Å².